The zero-order valence-corrected chi connectivity index (χ0v) is 10.5. The predicted molar refractivity (Wildman–Crippen MR) is 66.4 cm³/mol. The van der Waals surface area contributed by atoms with E-state index in [1.807, 2.05) is 6.07 Å². The van der Waals surface area contributed by atoms with Crippen LogP contribution in [0.4, 0.5) is 4.39 Å². The van der Waals surface area contributed by atoms with Crippen molar-refractivity contribution in [2.24, 2.45) is 0 Å². The van der Waals surface area contributed by atoms with E-state index in [-0.39, 0.29) is 17.5 Å². The van der Waals surface area contributed by atoms with Crippen molar-refractivity contribution in [1.29, 1.82) is 5.26 Å². The van der Waals surface area contributed by atoms with Crippen LogP contribution in [0.3, 0.4) is 0 Å². The van der Waals surface area contributed by atoms with Crippen molar-refractivity contribution in [3.63, 3.8) is 0 Å². The Balaban J connectivity index is 2.07. The predicted octanol–water partition coefficient (Wildman–Crippen LogP) is 2.31. The standard InChI is InChI=1S/C14H17FN2O/c1-18-13-6-3-7-17(10-13)9-12-5-2-4-11(8-16)14(12)15/h2,4-5,13H,3,6-7,9-10H2,1H3. The molecule has 1 unspecified atom stereocenters. The summed E-state index contributed by atoms with van der Waals surface area (Å²) in [6, 6.07) is 6.86. The lowest BCUT2D eigenvalue weighted by molar-refractivity contribution is 0.0282. The lowest BCUT2D eigenvalue weighted by atomic mass is 10.1. The third kappa shape index (κ3) is 2.87. The molecule has 0 amide bonds. The van der Waals surface area contributed by atoms with Crippen molar-refractivity contribution >= 4 is 0 Å². The molecule has 1 aromatic rings. The molecule has 3 nitrogen and oxygen atoms in total. The molecule has 1 atom stereocenters. The maximum atomic E-state index is 13.9. The lowest BCUT2D eigenvalue weighted by Crippen LogP contribution is -2.38. The highest BCUT2D eigenvalue weighted by Crippen LogP contribution is 2.18. The third-order valence-electron chi connectivity index (χ3n) is 3.39. The summed E-state index contributed by atoms with van der Waals surface area (Å²) in [4.78, 5) is 2.18. The van der Waals surface area contributed by atoms with E-state index in [9.17, 15) is 4.39 Å². The number of halogens is 1. The molecule has 0 spiro atoms. The van der Waals surface area contributed by atoms with E-state index in [4.69, 9.17) is 10.00 Å². The Kier molecular flexibility index (Phi) is 4.29. The quantitative estimate of drug-likeness (QED) is 0.823. The highest BCUT2D eigenvalue weighted by atomic mass is 19.1. The van der Waals surface area contributed by atoms with Crippen molar-refractivity contribution in [2.75, 3.05) is 20.2 Å². The minimum Gasteiger partial charge on any atom is -0.380 e. The van der Waals surface area contributed by atoms with E-state index < -0.39 is 0 Å². The SMILES string of the molecule is COC1CCCN(Cc2cccc(C#N)c2F)C1. The maximum absolute atomic E-state index is 13.9. The first kappa shape index (κ1) is 13.0. The molecule has 1 aliphatic rings. The number of hydrogen-bond acceptors (Lipinski definition) is 3. The van der Waals surface area contributed by atoms with Crippen LogP contribution >= 0.6 is 0 Å². The van der Waals surface area contributed by atoms with Crippen LogP contribution in [0, 0.1) is 17.1 Å². The second-order valence-electron chi connectivity index (χ2n) is 4.63. The van der Waals surface area contributed by atoms with Gasteiger partial charge in [0.2, 0.25) is 0 Å². The molecule has 1 aliphatic heterocycles. The van der Waals surface area contributed by atoms with Gasteiger partial charge in [0.05, 0.1) is 11.7 Å². The minimum atomic E-state index is -0.389. The fraction of sp³-hybridized carbons (Fsp3) is 0.500. The van der Waals surface area contributed by atoms with Crippen LogP contribution < -0.4 is 0 Å². The molecule has 0 saturated carbocycles. The van der Waals surface area contributed by atoms with Crippen LogP contribution in [-0.4, -0.2) is 31.2 Å². The molecule has 0 aromatic heterocycles. The number of ether oxygens (including phenoxy) is 1. The second-order valence-corrected chi connectivity index (χ2v) is 4.63. The Labute approximate surface area is 107 Å². The largest absolute Gasteiger partial charge is 0.380 e. The van der Waals surface area contributed by atoms with Crippen LogP contribution in [0.25, 0.3) is 0 Å². The van der Waals surface area contributed by atoms with Gasteiger partial charge < -0.3 is 4.74 Å². The molecular weight excluding hydrogens is 231 g/mol. The Morgan fingerprint density at radius 3 is 3.11 bits per heavy atom. The van der Waals surface area contributed by atoms with Crippen LogP contribution in [0.1, 0.15) is 24.0 Å². The number of hydrogen-bond donors (Lipinski definition) is 0. The number of piperidine rings is 1. The molecule has 0 aliphatic carbocycles. The molecule has 18 heavy (non-hydrogen) atoms. The van der Waals surface area contributed by atoms with E-state index >= 15 is 0 Å². The van der Waals surface area contributed by atoms with Crippen LogP contribution in [0.5, 0.6) is 0 Å². The van der Waals surface area contributed by atoms with Gasteiger partial charge in [0.25, 0.3) is 0 Å². The van der Waals surface area contributed by atoms with E-state index in [2.05, 4.69) is 4.90 Å². The zero-order valence-electron chi connectivity index (χ0n) is 10.5. The van der Waals surface area contributed by atoms with Gasteiger partial charge >= 0.3 is 0 Å². The summed E-state index contributed by atoms with van der Waals surface area (Å²) in [5.41, 5.74) is 0.707. The number of methoxy groups -OCH3 is 1. The van der Waals surface area contributed by atoms with E-state index in [0.29, 0.717) is 12.1 Å². The Hall–Kier alpha value is -1.44. The highest BCUT2D eigenvalue weighted by molar-refractivity contribution is 5.34. The summed E-state index contributed by atoms with van der Waals surface area (Å²) in [6.07, 6.45) is 2.37. The van der Waals surface area contributed by atoms with Crippen molar-refractivity contribution in [2.45, 2.75) is 25.5 Å². The Bertz CT molecular complexity index is 456. The molecule has 1 heterocycles. The van der Waals surface area contributed by atoms with Crippen molar-refractivity contribution < 1.29 is 9.13 Å². The van der Waals surface area contributed by atoms with Crippen molar-refractivity contribution in [3.05, 3.63) is 35.1 Å². The number of nitriles is 1. The Morgan fingerprint density at radius 2 is 2.39 bits per heavy atom. The van der Waals surface area contributed by atoms with Gasteiger partial charge in [-0.05, 0) is 25.5 Å². The number of benzene rings is 1. The fourth-order valence-corrected chi connectivity index (χ4v) is 2.38. The molecule has 4 heteroatoms. The topological polar surface area (TPSA) is 36.3 Å². The van der Waals surface area contributed by atoms with E-state index in [1.165, 1.54) is 6.07 Å². The second kappa shape index (κ2) is 5.94. The zero-order chi connectivity index (χ0) is 13.0. The minimum absolute atomic E-state index is 0.118. The summed E-state index contributed by atoms with van der Waals surface area (Å²) in [5, 5.41) is 8.81. The monoisotopic (exact) mass is 248 g/mol. The van der Waals surface area contributed by atoms with E-state index in [0.717, 1.165) is 25.9 Å². The average molecular weight is 248 g/mol. The molecule has 1 fully saturated rings. The van der Waals surface area contributed by atoms with E-state index in [1.54, 1.807) is 19.2 Å². The normalized spacial score (nSPS) is 20.6. The Morgan fingerprint density at radius 1 is 1.56 bits per heavy atom. The number of nitrogens with zero attached hydrogens (tertiary/aromatic N) is 2. The van der Waals surface area contributed by atoms with Gasteiger partial charge in [0.15, 0.2) is 0 Å². The summed E-state index contributed by atoms with van der Waals surface area (Å²) >= 11 is 0. The molecule has 2 rings (SSSR count). The van der Waals surface area contributed by atoms with Gasteiger partial charge in [0.1, 0.15) is 11.9 Å². The smallest absolute Gasteiger partial charge is 0.145 e. The third-order valence-corrected chi connectivity index (χ3v) is 3.39. The van der Waals surface area contributed by atoms with Crippen LogP contribution in [-0.2, 0) is 11.3 Å². The first-order valence-corrected chi connectivity index (χ1v) is 6.17. The van der Waals surface area contributed by atoms with Gasteiger partial charge in [-0.25, -0.2) is 4.39 Å². The van der Waals surface area contributed by atoms with Crippen molar-refractivity contribution in [1.82, 2.24) is 4.90 Å². The molecule has 0 radical (unpaired) electrons. The van der Waals surface area contributed by atoms with Gasteiger partial charge in [-0.2, -0.15) is 5.26 Å². The van der Waals surface area contributed by atoms with Gasteiger partial charge in [-0.15, -0.1) is 0 Å². The molecule has 96 valence electrons. The van der Waals surface area contributed by atoms with Gasteiger partial charge in [0, 0.05) is 25.8 Å². The first-order valence-electron chi connectivity index (χ1n) is 6.17. The van der Waals surface area contributed by atoms with Gasteiger partial charge in [-0.3, -0.25) is 4.90 Å². The van der Waals surface area contributed by atoms with Gasteiger partial charge in [-0.1, -0.05) is 12.1 Å². The maximum Gasteiger partial charge on any atom is 0.145 e. The summed E-state index contributed by atoms with van der Waals surface area (Å²) < 4.78 is 19.3. The van der Waals surface area contributed by atoms with Crippen molar-refractivity contribution in [3.8, 4) is 6.07 Å². The summed E-state index contributed by atoms with van der Waals surface area (Å²) in [5.74, 6) is -0.389. The highest BCUT2D eigenvalue weighted by Gasteiger charge is 2.20. The number of rotatable bonds is 3. The molecule has 1 saturated heterocycles. The molecule has 1 aromatic carbocycles. The lowest BCUT2D eigenvalue weighted by Gasteiger charge is -2.31. The summed E-state index contributed by atoms with van der Waals surface area (Å²) in [6.45, 7) is 2.32. The van der Waals surface area contributed by atoms with Crippen LogP contribution in [0.2, 0.25) is 0 Å². The number of likely N-dealkylation sites (tertiary alicyclic amines) is 1. The van der Waals surface area contributed by atoms with Crippen LogP contribution in [0.15, 0.2) is 18.2 Å². The fourth-order valence-electron chi connectivity index (χ4n) is 2.38. The molecule has 0 N–H and O–H groups in total. The average Bonchev–Trinajstić information content (AvgIpc) is 2.41. The summed E-state index contributed by atoms with van der Waals surface area (Å²) in [7, 11) is 1.71. The molecule has 0 bridgehead atoms. The molecular formula is C14H17FN2O. The first-order chi connectivity index (χ1) is 8.74.